The van der Waals surface area contributed by atoms with Gasteiger partial charge in [0.2, 0.25) is 5.91 Å². The van der Waals surface area contributed by atoms with Crippen LogP contribution in [0.2, 0.25) is 0 Å². The van der Waals surface area contributed by atoms with Crippen molar-refractivity contribution in [2.45, 2.75) is 41.5 Å². The molecule has 0 unspecified atom stereocenters. The molecule has 0 aromatic carbocycles. The second kappa shape index (κ2) is 64.7. The van der Waals surface area contributed by atoms with Crippen LogP contribution in [-0.4, -0.2) is 73.2 Å². The van der Waals surface area contributed by atoms with E-state index in [9.17, 15) is 9.59 Å². The molecular formula is C19H49N3O3S. The average molecular weight is 400 g/mol. The van der Waals surface area contributed by atoms with Crippen LogP contribution < -0.4 is 16.0 Å². The Hall–Kier alpha value is -0.890. The lowest BCUT2D eigenvalue weighted by molar-refractivity contribution is -0.118. The molecule has 1 amide bonds. The quantitative estimate of drug-likeness (QED) is 0.588. The molecule has 0 aromatic rings. The summed E-state index contributed by atoms with van der Waals surface area (Å²) in [6.07, 6.45) is 4.08. The highest BCUT2D eigenvalue weighted by Gasteiger charge is 1.72. The Bertz CT molecular complexity index is 213. The number of Topliss-reactive ketones (excluding diaryl/α,β-unsaturated/α-hetero) is 1. The number of allylic oxidation sites excluding steroid dienone is 1. The van der Waals surface area contributed by atoms with Gasteiger partial charge in [-0.1, -0.05) is 12.5 Å². The molecule has 0 aromatic heterocycles. The number of ether oxygens (including phenoxy) is 1. The molecule has 0 rings (SSSR count). The first-order chi connectivity index (χ1) is 11.9. The van der Waals surface area contributed by atoms with Gasteiger partial charge in [-0.25, -0.2) is 0 Å². The van der Waals surface area contributed by atoms with E-state index in [1.807, 2.05) is 47.5 Å². The summed E-state index contributed by atoms with van der Waals surface area (Å²) < 4.78 is 4.25. The van der Waals surface area contributed by atoms with Crippen molar-refractivity contribution in [3.8, 4) is 0 Å². The van der Waals surface area contributed by atoms with E-state index >= 15 is 0 Å². The van der Waals surface area contributed by atoms with E-state index in [2.05, 4.69) is 34.2 Å². The van der Waals surface area contributed by atoms with Gasteiger partial charge in [-0.3, -0.25) is 4.79 Å². The number of methoxy groups -OCH3 is 1. The van der Waals surface area contributed by atoms with Gasteiger partial charge in [-0.05, 0) is 67.9 Å². The fraction of sp³-hybridized carbons (Fsp3) is 0.789. The Balaban J connectivity index is -0.0000000327. The van der Waals surface area contributed by atoms with Gasteiger partial charge in [0, 0.05) is 28.2 Å². The van der Waals surface area contributed by atoms with Crippen molar-refractivity contribution in [2.24, 2.45) is 0 Å². The smallest absolute Gasteiger partial charge is 0.216 e. The highest BCUT2D eigenvalue weighted by molar-refractivity contribution is 7.97. The predicted octanol–water partition coefficient (Wildman–Crippen LogP) is 3.23. The van der Waals surface area contributed by atoms with Gasteiger partial charge in [-0.15, -0.1) is 6.58 Å². The first-order valence-corrected chi connectivity index (χ1v) is 9.84. The normalized spacial score (nSPS) is 6.54. The molecule has 0 fully saturated rings. The third-order valence-corrected chi connectivity index (χ3v) is 0.706. The molecule has 6 nitrogen and oxygen atoms in total. The van der Waals surface area contributed by atoms with E-state index in [-0.39, 0.29) is 11.7 Å². The molecule has 0 radical (unpaired) electrons. The minimum absolute atomic E-state index is 0.00463. The molecule has 164 valence electrons. The zero-order valence-electron chi connectivity index (χ0n) is 20.0. The minimum Gasteiger partial charge on any atom is -0.388 e. The number of carbonyl (C=O) groups excluding carboxylic acids is 2. The monoisotopic (exact) mass is 399 g/mol. The highest BCUT2D eigenvalue weighted by Crippen LogP contribution is 1.73. The zero-order valence-corrected chi connectivity index (χ0v) is 20.9. The third-order valence-electron chi connectivity index (χ3n) is 0.706. The molecule has 7 heteroatoms. The first kappa shape index (κ1) is 44.5. The van der Waals surface area contributed by atoms with Gasteiger partial charge in [0.05, 0.1) is 0 Å². The number of ketones is 1. The number of rotatable bonds is 1. The lowest BCUT2D eigenvalue weighted by Crippen LogP contribution is -2.11. The molecule has 0 aliphatic rings. The van der Waals surface area contributed by atoms with Crippen LogP contribution in [0.4, 0.5) is 0 Å². The molecular weight excluding hydrogens is 350 g/mol. The zero-order chi connectivity index (χ0) is 23.0. The van der Waals surface area contributed by atoms with Crippen LogP contribution >= 0.6 is 11.8 Å². The number of thioether (sulfide) groups is 1. The Labute approximate surface area is 169 Å². The summed E-state index contributed by atoms with van der Waals surface area (Å²) in [5.74, 6) is 0.171. The topological polar surface area (TPSA) is 79.5 Å². The van der Waals surface area contributed by atoms with E-state index in [0.29, 0.717) is 0 Å². The maximum absolute atomic E-state index is 9.70. The summed E-state index contributed by atoms with van der Waals surface area (Å²) >= 11 is 1.75. The molecule has 0 heterocycles. The van der Waals surface area contributed by atoms with Gasteiger partial charge < -0.3 is 25.5 Å². The van der Waals surface area contributed by atoms with Crippen molar-refractivity contribution in [3.63, 3.8) is 0 Å². The van der Waals surface area contributed by atoms with Crippen LogP contribution in [0.1, 0.15) is 41.5 Å². The Morgan fingerprint density at radius 1 is 0.923 bits per heavy atom. The van der Waals surface area contributed by atoms with E-state index < -0.39 is 0 Å². The molecule has 0 saturated heterocycles. The van der Waals surface area contributed by atoms with Crippen molar-refractivity contribution >= 4 is 23.5 Å². The lowest BCUT2D eigenvalue weighted by Gasteiger charge is -1.80. The SMILES string of the molecule is C=C(C)C.CC(C)=O.CCNC.CNC.CNC(C)=O.COC.CSC. The predicted molar refractivity (Wildman–Crippen MR) is 124 cm³/mol. The van der Waals surface area contributed by atoms with Crippen molar-refractivity contribution < 1.29 is 14.3 Å². The Morgan fingerprint density at radius 2 is 1.00 bits per heavy atom. The van der Waals surface area contributed by atoms with Crippen LogP contribution in [0.3, 0.4) is 0 Å². The highest BCUT2D eigenvalue weighted by atomic mass is 32.2. The molecule has 26 heavy (non-hydrogen) atoms. The summed E-state index contributed by atoms with van der Waals surface area (Å²) in [7, 11) is 10.5. The lowest BCUT2D eigenvalue weighted by atomic mass is 10.4. The van der Waals surface area contributed by atoms with Crippen LogP contribution in [0, 0.1) is 0 Å². The van der Waals surface area contributed by atoms with Crippen molar-refractivity contribution in [1.82, 2.24) is 16.0 Å². The van der Waals surface area contributed by atoms with Crippen molar-refractivity contribution in [1.29, 1.82) is 0 Å². The number of nitrogens with one attached hydrogen (secondary N) is 3. The fourth-order valence-corrected chi connectivity index (χ4v) is 0. The standard InChI is InChI=1S/C4H8.C3H7NO.C3H9N.C3H6O.C2H7N.C2H6O.C2H6S/c1-4(2)3;1-3(5)4-2;1-3-4-2;1-3(2)4;3*1-3-2/h1H2,2-3H3;1-2H3,(H,4,5);4H,3H2,1-2H3;1-2H3;3H,1-2H3;2*1-2H3. The summed E-state index contributed by atoms with van der Waals surface area (Å²) in [6.45, 7) is 15.2. The summed E-state index contributed by atoms with van der Waals surface area (Å²) in [6, 6.07) is 0. The van der Waals surface area contributed by atoms with Gasteiger partial charge in [0.15, 0.2) is 0 Å². The maximum atomic E-state index is 9.70. The van der Waals surface area contributed by atoms with Crippen LogP contribution in [0.5, 0.6) is 0 Å². The van der Waals surface area contributed by atoms with Gasteiger partial charge in [0.25, 0.3) is 0 Å². The van der Waals surface area contributed by atoms with Gasteiger partial charge in [0.1, 0.15) is 5.78 Å². The molecule has 3 N–H and O–H groups in total. The van der Waals surface area contributed by atoms with Crippen molar-refractivity contribution in [2.75, 3.05) is 61.5 Å². The second-order valence-electron chi connectivity index (χ2n) is 4.95. The number of hydrogen-bond donors (Lipinski definition) is 3. The van der Waals surface area contributed by atoms with Gasteiger partial charge >= 0.3 is 0 Å². The van der Waals surface area contributed by atoms with Crippen molar-refractivity contribution in [3.05, 3.63) is 12.2 Å². The largest absolute Gasteiger partial charge is 0.388 e. The summed E-state index contributed by atoms with van der Waals surface area (Å²) in [4.78, 5) is 19.1. The number of amides is 1. The van der Waals surface area contributed by atoms with Crippen LogP contribution in [0.15, 0.2) is 12.2 Å². The average Bonchev–Trinajstić information content (AvgIpc) is 2.48. The molecule has 0 bridgehead atoms. The molecule has 0 aliphatic heterocycles. The number of hydrogen-bond acceptors (Lipinski definition) is 6. The first-order valence-electron chi connectivity index (χ1n) is 8.21. The van der Waals surface area contributed by atoms with Crippen LogP contribution in [-0.2, 0) is 14.3 Å². The van der Waals surface area contributed by atoms with Crippen LogP contribution in [0.25, 0.3) is 0 Å². The number of carbonyl (C=O) groups is 2. The van der Waals surface area contributed by atoms with E-state index in [0.717, 1.165) is 6.54 Å². The summed E-state index contributed by atoms with van der Waals surface area (Å²) in [5, 5.41) is 8.07. The summed E-state index contributed by atoms with van der Waals surface area (Å²) in [5.41, 5.74) is 1.17. The molecule has 0 saturated carbocycles. The Kier molecular flexibility index (Phi) is 111. The molecule has 0 aliphatic carbocycles. The van der Waals surface area contributed by atoms with E-state index in [4.69, 9.17) is 0 Å². The fourth-order valence-electron chi connectivity index (χ4n) is 0. The Morgan fingerprint density at radius 3 is 1.00 bits per heavy atom. The third kappa shape index (κ3) is 2540. The second-order valence-corrected chi connectivity index (χ2v) is 5.76. The van der Waals surface area contributed by atoms with E-state index in [1.165, 1.54) is 26.3 Å². The van der Waals surface area contributed by atoms with Gasteiger partial charge in [-0.2, -0.15) is 11.8 Å². The minimum atomic E-state index is 0.00463. The molecule has 0 spiro atoms. The van der Waals surface area contributed by atoms with E-state index in [1.54, 1.807) is 33.0 Å². The molecule has 0 atom stereocenters. The maximum Gasteiger partial charge on any atom is 0.216 e.